The van der Waals surface area contributed by atoms with E-state index in [1.54, 1.807) is 29.4 Å². The number of thioether (sulfide) groups is 1. The van der Waals surface area contributed by atoms with Crippen LogP contribution in [0, 0.1) is 0 Å². The molecule has 2 aromatic rings. The second-order valence-electron chi connectivity index (χ2n) is 3.64. The van der Waals surface area contributed by atoms with Gasteiger partial charge in [-0.15, -0.1) is 11.3 Å². The number of aromatic nitrogens is 1. The van der Waals surface area contributed by atoms with Gasteiger partial charge >= 0.3 is 0 Å². The van der Waals surface area contributed by atoms with E-state index in [1.165, 1.54) is 0 Å². The fraction of sp³-hybridized carbons (Fsp3) is 0.333. The molecule has 0 bridgehead atoms. The summed E-state index contributed by atoms with van der Waals surface area (Å²) < 4.78 is 5.37. The van der Waals surface area contributed by atoms with Gasteiger partial charge in [0.15, 0.2) is 0 Å². The lowest BCUT2D eigenvalue weighted by molar-refractivity contribution is -0.120. The van der Waals surface area contributed by atoms with Gasteiger partial charge in [0.2, 0.25) is 11.8 Å². The maximum atomic E-state index is 11.4. The van der Waals surface area contributed by atoms with Crippen LogP contribution in [0.4, 0.5) is 0 Å². The van der Waals surface area contributed by atoms with Gasteiger partial charge in [0.25, 0.3) is 0 Å². The van der Waals surface area contributed by atoms with Crippen molar-refractivity contribution in [2.75, 3.05) is 12.0 Å². The molecule has 0 aliphatic heterocycles. The largest absolute Gasteiger partial charge is 0.443 e. The maximum absolute atomic E-state index is 11.4. The molecular weight excluding hydrogens is 268 g/mol. The third-order valence-electron chi connectivity index (χ3n) is 2.28. The number of thiophene rings is 1. The number of hydrogen-bond donors (Lipinski definition) is 1. The molecule has 0 saturated heterocycles. The van der Waals surface area contributed by atoms with Gasteiger partial charge in [0.1, 0.15) is 6.26 Å². The lowest BCUT2D eigenvalue weighted by atomic mass is 10.4. The van der Waals surface area contributed by atoms with Crippen molar-refractivity contribution in [3.63, 3.8) is 0 Å². The number of carbonyl (C=O) groups excluding carboxylic acids is 1. The molecule has 18 heavy (non-hydrogen) atoms. The van der Waals surface area contributed by atoms with Crippen molar-refractivity contribution in [1.82, 2.24) is 10.3 Å². The highest BCUT2D eigenvalue weighted by Crippen LogP contribution is 2.23. The average molecular weight is 282 g/mol. The summed E-state index contributed by atoms with van der Waals surface area (Å²) in [7, 11) is 0. The molecule has 2 heterocycles. The number of amides is 1. The van der Waals surface area contributed by atoms with Crippen LogP contribution in [0.5, 0.6) is 0 Å². The molecule has 2 rings (SSSR count). The van der Waals surface area contributed by atoms with Crippen molar-refractivity contribution in [1.29, 1.82) is 0 Å². The number of nitrogens with zero attached hydrogens (tertiary/aromatic N) is 1. The third-order valence-corrected chi connectivity index (χ3v) is 3.75. The molecule has 0 fully saturated rings. The summed E-state index contributed by atoms with van der Waals surface area (Å²) >= 11 is 3.24. The molecule has 96 valence electrons. The third kappa shape index (κ3) is 3.61. The lowest BCUT2D eigenvalue weighted by Gasteiger charge is -2.00. The molecule has 1 N–H and O–H groups in total. The molecule has 0 unspecified atom stereocenters. The molecule has 0 aliphatic carbocycles. The summed E-state index contributed by atoms with van der Waals surface area (Å²) in [5.74, 6) is 1.49. The number of hydrogen-bond acceptors (Lipinski definition) is 5. The Morgan fingerprint density at radius 1 is 1.61 bits per heavy atom. The smallest absolute Gasteiger partial charge is 0.236 e. The highest BCUT2D eigenvalue weighted by atomic mass is 32.2. The summed E-state index contributed by atoms with van der Waals surface area (Å²) in [6.45, 7) is 0.419. The van der Waals surface area contributed by atoms with Gasteiger partial charge in [-0.3, -0.25) is 4.79 Å². The molecular formula is C12H14N2O2S2. The van der Waals surface area contributed by atoms with Crippen LogP contribution >= 0.6 is 23.1 Å². The molecule has 0 radical (unpaired) electrons. The van der Waals surface area contributed by atoms with E-state index in [0.29, 0.717) is 18.9 Å². The molecule has 6 heteroatoms. The Morgan fingerprint density at radius 2 is 2.50 bits per heavy atom. The summed E-state index contributed by atoms with van der Waals surface area (Å²) in [4.78, 5) is 16.8. The molecule has 4 nitrogen and oxygen atoms in total. The topological polar surface area (TPSA) is 55.1 Å². The van der Waals surface area contributed by atoms with Gasteiger partial charge < -0.3 is 9.73 Å². The van der Waals surface area contributed by atoms with Crippen LogP contribution in [-0.2, 0) is 11.3 Å². The van der Waals surface area contributed by atoms with E-state index in [-0.39, 0.29) is 5.91 Å². The molecule has 0 aromatic carbocycles. The first-order valence-electron chi connectivity index (χ1n) is 5.53. The van der Waals surface area contributed by atoms with E-state index in [2.05, 4.69) is 10.3 Å². The van der Waals surface area contributed by atoms with Gasteiger partial charge in [-0.05, 0) is 17.7 Å². The minimum Gasteiger partial charge on any atom is -0.443 e. The predicted molar refractivity (Wildman–Crippen MR) is 74.7 cm³/mol. The standard InChI is InChI=1S/C12H14N2O2S2/c1-17-6-4-11(15)13-7-9-8-16-12(14-9)10-3-2-5-18-10/h2-3,5,8H,4,6-7H2,1H3,(H,13,15). The number of oxazole rings is 1. The monoisotopic (exact) mass is 282 g/mol. The highest BCUT2D eigenvalue weighted by Gasteiger charge is 2.08. The summed E-state index contributed by atoms with van der Waals surface area (Å²) in [5, 5.41) is 4.80. The molecule has 0 aliphatic rings. The van der Waals surface area contributed by atoms with Gasteiger partial charge in [0.05, 0.1) is 17.1 Å². The van der Waals surface area contributed by atoms with Crippen molar-refractivity contribution in [2.45, 2.75) is 13.0 Å². The van der Waals surface area contributed by atoms with Gasteiger partial charge in [-0.2, -0.15) is 11.8 Å². The van der Waals surface area contributed by atoms with Crippen LogP contribution < -0.4 is 5.32 Å². The van der Waals surface area contributed by atoms with Crippen molar-refractivity contribution in [3.05, 3.63) is 29.5 Å². The Kier molecular flexibility index (Phi) is 4.83. The Hall–Kier alpha value is -1.27. The van der Waals surface area contributed by atoms with Crippen molar-refractivity contribution in [2.24, 2.45) is 0 Å². The Labute approximate surface area is 114 Å². The Bertz CT molecular complexity index is 494. The van der Waals surface area contributed by atoms with Crippen LogP contribution in [0.25, 0.3) is 10.8 Å². The first-order chi connectivity index (χ1) is 8.79. The fourth-order valence-corrected chi connectivity index (χ4v) is 2.42. The van der Waals surface area contributed by atoms with Crippen LogP contribution in [0.1, 0.15) is 12.1 Å². The Balaban J connectivity index is 1.86. The van der Waals surface area contributed by atoms with E-state index in [1.807, 2.05) is 23.8 Å². The molecule has 2 aromatic heterocycles. The van der Waals surface area contributed by atoms with E-state index < -0.39 is 0 Å². The zero-order valence-corrected chi connectivity index (χ0v) is 11.6. The molecule has 1 amide bonds. The van der Waals surface area contributed by atoms with E-state index in [9.17, 15) is 4.79 Å². The van der Waals surface area contributed by atoms with Crippen LogP contribution in [0.3, 0.4) is 0 Å². The summed E-state index contributed by atoms with van der Waals surface area (Å²) in [5.41, 5.74) is 0.746. The van der Waals surface area contributed by atoms with E-state index in [4.69, 9.17) is 4.42 Å². The first-order valence-corrected chi connectivity index (χ1v) is 7.81. The SMILES string of the molecule is CSCCC(=O)NCc1coc(-c2cccs2)n1. The van der Waals surface area contributed by atoms with E-state index >= 15 is 0 Å². The van der Waals surface area contributed by atoms with E-state index in [0.717, 1.165) is 16.3 Å². The highest BCUT2D eigenvalue weighted by molar-refractivity contribution is 7.98. The second-order valence-corrected chi connectivity index (χ2v) is 5.57. The maximum Gasteiger partial charge on any atom is 0.236 e. The van der Waals surface area contributed by atoms with Crippen molar-refractivity contribution < 1.29 is 9.21 Å². The zero-order valence-electron chi connectivity index (χ0n) is 10.0. The number of carbonyl (C=O) groups is 1. The van der Waals surface area contributed by atoms with Crippen LogP contribution in [0.2, 0.25) is 0 Å². The second kappa shape index (κ2) is 6.61. The van der Waals surface area contributed by atoms with Crippen molar-refractivity contribution in [3.8, 4) is 10.8 Å². The predicted octanol–water partition coefficient (Wildman–Crippen LogP) is 2.77. The average Bonchev–Trinajstić information content (AvgIpc) is 3.03. The van der Waals surface area contributed by atoms with Crippen molar-refractivity contribution >= 4 is 29.0 Å². The van der Waals surface area contributed by atoms with Gasteiger partial charge in [-0.1, -0.05) is 6.07 Å². The Morgan fingerprint density at radius 3 is 3.22 bits per heavy atom. The van der Waals surface area contributed by atoms with Crippen LogP contribution in [-0.4, -0.2) is 22.9 Å². The first kappa shape index (κ1) is 13.2. The molecule has 0 saturated carbocycles. The zero-order chi connectivity index (χ0) is 12.8. The van der Waals surface area contributed by atoms with Crippen LogP contribution in [0.15, 0.2) is 28.2 Å². The minimum absolute atomic E-state index is 0.0463. The summed E-state index contributed by atoms with van der Waals surface area (Å²) in [6, 6.07) is 3.91. The fourth-order valence-electron chi connectivity index (χ4n) is 1.37. The lowest BCUT2D eigenvalue weighted by Crippen LogP contribution is -2.23. The minimum atomic E-state index is 0.0463. The van der Waals surface area contributed by atoms with Gasteiger partial charge in [0, 0.05) is 12.2 Å². The normalized spacial score (nSPS) is 10.5. The van der Waals surface area contributed by atoms with Gasteiger partial charge in [-0.25, -0.2) is 4.98 Å². The quantitative estimate of drug-likeness (QED) is 0.885. The molecule has 0 spiro atoms. The summed E-state index contributed by atoms with van der Waals surface area (Å²) in [6.07, 6.45) is 4.11. The number of rotatable bonds is 6. The number of nitrogens with one attached hydrogen (secondary N) is 1. The molecule has 0 atom stereocenters.